The van der Waals surface area contributed by atoms with Crippen molar-refractivity contribution in [2.45, 2.75) is 37.5 Å². The van der Waals surface area contributed by atoms with E-state index in [-0.39, 0.29) is 5.91 Å². The summed E-state index contributed by atoms with van der Waals surface area (Å²) >= 11 is 0. The van der Waals surface area contributed by atoms with Crippen LogP contribution in [0.1, 0.15) is 32.6 Å². The lowest BCUT2D eigenvalue weighted by atomic mass is 10.2. The number of nitrogens with zero attached hydrogens (tertiary/aromatic N) is 1. The van der Waals surface area contributed by atoms with Crippen LogP contribution in [0.3, 0.4) is 0 Å². The van der Waals surface area contributed by atoms with Gasteiger partial charge in [-0.2, -0.15) is 4.31 Å². The van der Waals surface area contributed by atoms with Gasteiger partial charge in [-0.1, -0.05) is 13.3 Å². The maximum atomic E-state index is 12.5. The Balaban J connectivity index is 1.89. The molecule has 0 spiro atoms. The molecule has 7 heteroatoms. The first kappa shape index (κ1) is 17.7. The number of amides is 1. The third-order valence-corrected chi connectivity index (χ3v) is 5.70. The van der Waals surface area contributed by atoms with E-state index in [0.717, 1.165) is 19.3 Å². The number of carbonyl (C=O) groups is 1. The fourth-order valence-corrected chi connectivity index (χ4v) is 3.96. The molecule has 2 rings (SSSR count). The highest BCUT2D eigenvalue weighted by molar-refractivity contribution is 7.89. The summed E-state index contributed by atoms with van der Waals surface area (Å²) in [5.74, 6) is 0.574. The molecule has 1 aliphatic rings. The average Bonchev–Trinajstić information content (AvgIpc) is 2.59. The average molecular weight is 340 g/mol. The summed E-state index contributed by atoms with van der Waals surface area (Å²) in [5, 5.41) is 2.71. The molecule has 23 heavy (non-hydrogen) atoms. The van der Waals surface area contributed by atoms with Gasteiger partial charge in [0.2, 0.25) is 15.9 Å². The largest absolute Gasteiger partial charge is 0.492 e. The van der Waals surface area contributed by atoms with Crippen molar-refractivity contribution in [2.75, 3.05) is 26.2 Å². The number of carbonyl (C=O) groups excluding carboxylic acids is 1. The molecule has 1 aromatic carbocycles. The van der Waals surface area contributed by atoms with Crippen LogP contribution >= 0.6 is 0 Å². The molecule has 0 atom stereocenters. The predicted molar refractivity (Wildman–Crippen MR) is 87.8 cm³/mol. The highest BCUT2D eigenvalue weighted by Crippen LogP contribution is 2.22. The van der Waals surface area contributed by atoms with Gasteiger partial charge in [-0.25, -0.2) is 8.42 Å². The van der Waals surface area contributed by atoms with E-state index in [9.17, 15) is 13.2 Å². The number of hydrogen-bond donors (Lipinski definition) is 1. The van der Waals surface area contributed by atoms with Crippen molar-refractivity contribution in [3.05, 3.63) is 24.3 Å². The van der Waals surface area contributed by atoms with Gasteiger partial charge >= 0.3 is 0 Å². The van der Waals surface area contributed by atoms with Crippen LogP contribution < -0.4 is 10.1 Å². The van der Waals surface area contributed by atoms with Gasteiger partial charge in [-0.3, -0.25) is 4.79 Å². The van der Waals surface area contributed by atoms with Crippen molar-refractivity contribution in [1.29, 1.82) is 0 Å². The van der Waals surface area contributed by atoms with Crippen molar-refractivity contribution in [1.82, 2.24) is 9.62 Å². The first-order valence-corrected chi connectivity index (χ1v) is 9.48. The van der Waals surface area contributed by atoms with E-state index >= 15 is 0 Å². The number of ether oxygens (including phenoxy) is 1. The molecule has 0 aromatic heterocycles. The number of benzene rings is 1. The minimum absolute atomic E-state index is 0.0171. The first-order valence-electron chi connectivity index (χ1n) is 8.03. The second kappa shape index (κ2) is 8.31. The zero-order valence-electron chi connectivity index (χ0n) is 13.5. The van der Waals surface area contributed by atoms with E-state index in [1.807, 2.05) is 0 Å². The van der Waals surface area contributed by atoms with Gasteiger partial charge in [0.1, 0.15) is 12.4 Å². The van der Waals surface area contributed by atoms with E-state index in [1.54, 1.807) is 35.5 Å². The molecule has 6 nitrogen and oxygen atoms in total. The number of rotatable bonds is 7. The van der Waals surface area contributed by atoms with Gasteiger partial charge in [0, 0.05) is 19.5 Å². The van der Waals surface area contributed by atoms with Crippen molar-refractivity contribution < 1.29 is 17.9 Å². The number of sulfonamides is 1. The highest BCUT2D eigenvalue weighted by Gasteiger charge is 2.25. The van der Waals surface area contributed by atoms with Crippen LogP contribution in [-0.4, -0.2) is 44.9 Å². The Morgan fingerprint density at radius 2 is 1.83 bits per heavy atom. The molecular formula is C16H24N2O4S. The molecule has 1 aliphatic heterocycles. The zero-order chi connectivity index (χ0) is 16.7. The molecule has 0 bridgehead atoms. The molecule has 0 saturated carbocycles. The molecule has 1 aromatic rings. The van der Waals surface area contributed by atoms with Crippen LogP contribution in [0.5, 0.6) is 5.75 Å². The molecule has 0 radical (unpaired) electrons. The fraction of sp³-hybridized carbons (Fsp3) is 0.562. The summed E-state index contributed by atoms with van der Waals surface area (Å²) in [5.41, 5.74) is 0. The standard InChI is InChI=1S/C16H24N2O4S/c1-2-16(19)17-10-13-22-14-6-8-15(9-7-14)23(20,21)18-11-4-3-5-12-18/h6-9H,2-5,10-13H2,1H3,(H,17,19). The molecular weight excluding hydrogens is 316 g/mol. The van der Waals surface area contributed by atoms with Gasteiger partial charge in [0.15, 0.2) is 0 Å². The van der Waals surface area contributed by atoms with E-state index in [0.29, 0.717) is 43.3 Å². The smallest absolute Gasteiger partial charge is 0.243 e. The third kappa shape index (κ3) is 4.94. The Hall–Kier alpha value is -1.60. The third-order valence-electron chi connectivity index (χ3n) is 3.79. The van der Waals surface area contributed by atoms with Gasteiger partial charge in [0.25, 0.3) is 0 Å². The van der Waals surface area contributed by atoms with Crippen LogP contribution in [0.25, 0.3) is 0 Å². The summed E-state index contributed by atoms with van der Waals surface area (Å²) in [6.45, 7) is 3.76. The lowest BCUT2D eigenvalue weighted by Crippen LogP contribution is -2.35. The van der Waals surface area contributed by atoms with Gasteiger partial charge in [-0.15, -0.1) is 0 Å². The molecule has 1 heterocycles. The predicted octanol–water partition coefficient (Wildman–Crippen LogP) is 1.77. The van der Waals surface area contributed by atoms with E-state index in [4.69, 9.17) is 4.74 Å². The van der Waals surface area contributed by atoms with Crippen LogP contribution in [0.2, 0.25) is 0 Å². The van der Waals surface area contributed by atoms with Crippen molar-refractivity contribution in [2.24, 2.45) is 0 Å². The Morgan fingerprint density at radius 1 is 1.17 bits per heavy atom. The number of hydrogen-bond acceptors (Lipinski definition) is 4. The molecule has 0 aliphatic carbocycles. The Morgan fingerprint density at radius 3 is 2.43 bits per heavy atom. The molecule has 128 valence electrons. The number of piperidine rings is 1. The summed E-state index contributed by atoms with van der Waals surface area (Å²) in [4.78, 5) is 11.4. The van der Waals surface area contributed by atoms with E-state index in [1.165, 1.54) is 0 Å². The normalized spacial score (nSPS) is 16.0. The minimum atomic E-state index is -3.40. The fourth-order valence-electron chi connectivity index (χ4n) is 2.45. The zero-order valence-corrected chi connectivity index (χ0v) is 14.3. The summed E-state index contributed by atoms with van der Waals surface area (Å²) in [6, 6.07) is 6.45. The van der Waals surface area contributed by atoms with E-state index in [2.05, 4.69) is 5.32 Å². The molecule has 1 saturated heterocycles. The Kier molecular flexibility index (Phi) is 6.41. The monoisotopic (exact) mass is 340 g/mol. The summed E-state index contributed by atoms with van der Waals surface area (Å²) in [6.07, 6.45) is 3.38. The first-order chi connectivity index (χ1) is 11.0. The Labute approximate surface area is 137 Å². The van der Waals surface area contributed by atoms with Crippen LogP contribution in [0.4, 0.5) is 0 Å². The molecule has 1 N–H and O–H groups in total. The highest BCUT2D eigenvalue weighted by atomic mass is 32.2. The van der Waals surface area contributed by atoms with Crippen molar-refractivity contribution >= 4 is 15.9 Å². The van der Waals surface area contributed by atoms with Gasteiger partial charge < -0.3 is 10.1 Å². The molecule has 1 fully saturated rings. The summed E-state index contributed by atoms with van der Waals surface area (Å²) in [7, 11) is -3.40. The van der Waals surface area contributed by atoms with Crippen molar-refractivity contribution in [3.8, 4) is 5.75 Å². The summed E-state index contributed by atoms with van der Waals surface area (Å²) < 4.78 is 32.0. The molecule has 1 amide bonds. The number of nitrogens with one attached hydrogen (secondary N) is 1. The lowest BCUT2D eigenvalue weighted by molar-refractivity contribution is -0.120. The van der Waals surface area contributed by atoms with Gasteiger partial charge in [0.05, 0.1) is 11.4 Å². The minimum Gasteiger partial charge on any atom is -0.492 e. The second-order valence-electron chi connectivity index (χ2n) is 5.49. The van der Waals surface area contributed by atoms with Crippen LogP contribution in [0, 0.1) is 0 Å². The SMILES string of the molecule is CCC(=O)NCCOc1ccc(S(=O)(=O)N2CCCCC2)cc1. The second-order valence-corrected chi connectivity index (χ2v) is 7.43. The van der Waals surface area contributed by atoms with Crippen molar-refractivity contribution in [3.63, 3.8) is 0 Å². The quantitative estimate of drug-likeness (QED) is 0.768. The molecule has 0 unspecified atom stereocenters. The maximum absolute atomic E-state index is 12.5. The van der Waals surface area contributed by atoms with Crippen LogP contribution in [-0.2, 0) is 14.8 Å². The van der Waals surface area contributed by atoms with E-state index < -0.39 is 10.0 Å². The van der Waals surface area contributed by atoms with Gasteiger partial charge in [-0.05, 0) is 37.1 Å². The van der Waals surface area contributed by atoms with Crippen LogP contribution in [0.15, 0.2) is 29.2 Å². The lowest BCUT2D eigenvalue weighted by Gasteiger charge is -2.25. The maximum Gasteiger partial charge on any atom is 0.243 e. The topological polar surface area (TPSA) is 75.7 Å². The Bertz CT molecular complexity index is 607.